The van der Waals surface area contributed by atoms with Crippen molar-refractivity contribution in [2.75, 3.05) is 6.54 Å². The van der Waals surface area contributed by atoms with E-state index in [2.05, 4.69) is 15.8 Å². The zero-order valence-corrected chi connectivity index (χ0v) is 13.2. The van der Waals surface area contributed by atoms with Crippen molar-refractivity contribution in [1.29, 1.82) is 0 Å². The van der Waals surface area contributed by atoms with Crippen molar-refractivity contribution in [2.24, 2.45) is 10.5 Å². The summed E-state index contributed by atoms with van der Waals surface area (Å²) in [5.41, 5.74) is 3.24. The summed E-state index contributed by atoms with van der Waals surface area (Å²) in [6.45, 7) is 2.15. The van der Waals surface area contributed by atoms with E-state index < -0.39 is 11.4 Å². The van der Waals surface area contributed by atoms with Gasteiger partial charge in [0, 0.05) is 17.6 Å². The van der Waals surface area contributed by atoms with Crippen LogP contribution in [0.15, 0.2) is 23.4 Å². The minimum Gasteiger partial charge on any atom is -0.328 e. The van der Waals surface area contributed by atoms with Crippen LogP contribution in [0.1, 0.15) is 58.1 Å². The van der Waals surface area contributed by atoms with Crippen LogP contribution in [-0.4, -0.2) is 18.4 Å². The molecule has 2 aliphatic carbocycles. The van der Waals surface area contributed by atoms with Gasteiger partial charge in [-0.3, -0.25) is 4.79 Å². The van der Waals surface area contributed by atoms with E-state index in [1.807, 2.05) is 6.07 Å². The fourth-order valence-corrected chi connectivity index (χ4v) is 4.94. The summed E-state index contributed by atoms with van der Waals surface area (Å²) in [5.74, 6) is 0.782. The number of rotatable bonds is 3. The molecule has 0 spiro atoms. The molecule has 4 nitrogen and oxygen atoms in total. The topological polar surface area (TPSA) is 53.5 Å². The lowest BCUT2D eigenvalue weighted by Crippen LogP contribution is -2.26. The van der Waals surface area contributed by atoms with Crippen molar-refractivity contribution in [3.8, 4) is 0 Å². The number of thiophene rings is 1. The average molecular weight is 319 g/mol. The SMILES string of the molecule is C[C@@]1(/C=C/NC(=O)c2cc3c(s2)[C@@H]2CCC3C2)CNN=C1F. The maximum Gasteiger partial charge on any atom is 0.265 e. The standard InChI is InChI=1S/C16H18FN3OS/c1-16(8-19-20-15(16)17)4-5-18-14(21)12-7-11-9-2-3-10(6-9)13(11)22-12/h4-5,7,9-10,19H,2-3,6,8H2,1H3,(H,18,21)/b5-4+/t9?,10-,16-/m1/s1. The van der Waals surface area contributed by atoms with Crippen LogP contribution < -0.4 is 10.7 Å². The van der Waals surface area contributed by atoms with E-state index in [0.717, 1.165) is 4.88 Å². The quantitative estimate of drug-likeness (QED) is 0.898. The molecule has 1 aliphatic heterocycles. The summed E-state index contributed by atoms with van der Waals surface area (Å²) >= 11 is 1.62. The molecule has 0 aromatic carbocycles. The first-order valence-corrected chi connectivity index (χ1v) is 8.47. The highest BCUT2D eigenvalue weighted by atomic mass is 32.1. The summed E-state index contributed by atoms with van der Waals surface area (Å²) in [6.07, 6.45) is 6.98. The lowest BCUT2D eigenvalue weighted by atomic mass is 9.92. The summed E-state index contributed by atoms with van der Waals surface area (Å²) < 4.78 is 13.5. The normalized spacial score (nSPS) is 32.2. The van der Waals surface area contributed by atoms with Gasteiger partial charge in [0.1, 0.15) is 0 Å². The lowest BCUT2D eigenvalue weighted by Gasteiger charge is -2.14. The maximum atomic E-state index is 13.5. The van der Waals surface area contributed by atoms with Crippen molar-refractivity contribution in [3.63, 3.8) is 0 Å². The number of hydrogen-bond donors (Lipinski definition) is 2. The van der Waals surface area contributed by atoms with E-state index >= 15 is 0 Å². The molecule has 2 N–H and O–H groups in total. The van der Waals surface area contributed by atoms with Gasteiger partial charge in [-0.15, -0.1) is 11.3 Å². The Kier molecular flexibility index (Phi) is 3.11. The van der Waals surface area contributed by atoms with Gasteiger partial charge in [0.05, 0.1) is 10.3 Å². The van der Waals surface area contributed by atoms with Crippen molar-refractivity contribution in [3.05, 3.63) is 33.7 Å². The molecule has 0 radical (unpaired) electrons. The molecule has 2 heterocycles. The molecule has 1 aromatic rings. The molecule has 3 atom stereocenters. The Balaban J connectivity index is 1.44. The number of fused-ring (bicyclic) bond motifs is 5. The second-order valence-corrected chi connectivity index (χ2v) is 7.68. The largest absolute Gasteiger partial charge is 0.328 e. The summed E-state index contributed by atoms with van der Waals surface area (Å²) in [6, 6.07) is 2.05. The van der Waals surface area contributed by atoms with Crippen LogP contribution in [-0.2, 0) is 0 Å². The molecule has 3 aliphatic rings. The van der Waals surface area contributed by atoms with Crippen LogP contribution in [0.5, 0.6) is 0 Å². The van der Waals surface area contributed by atoms with Gasteiger partial charge < -0.3 is 10.7 Å². The molecule has 1 unspecified atom stereocenters. The van der Waals surface area contributed by atoms with Crippen molar-refractivity contribution >= 4 is 23.2 Å². The molecule has 116 valence electrons. The summed E-state index contributed by atoms with van der Waals surface area (Å²) in [7, 11) is 0. The highest BCUT2D eigenvalue weighted by Gasteiger charge is 2.39. The smallest absolute Gasteiger partial charge is 0.265 e. The zero-order chi connectivity index (χ0) is 15.3. The molecular formula is C16H18FN3OS. The van der Waals surface area contributed by atoms with Crippen LogP contribution in [0.3, 0.4) is 0 Å². The average Bonchev–Trinajstić information content (AvgIpc) is 3.22. The minimum absolute atomic E-state index is 0.109. The fraction of sp³-hybridized carbons (Fsp3) is 0.500. The van der Waals surface area contributed by atoms with Gasteiger partial charge in [0.15, 0.2) is 0 Å². The number of hydrogen-bond acceptors (Lipinski definition) is 4. The van der Waals surface area contributed by atoms with Gasteiger partial charge in [-0.25, -0.2) is 0 Å². The molecule has 1 amide bonds. The summed E-state index contributed by atoms with van der Waals surface area (Å²) in [4.78, 5) is 14.4. The third-order valence-electron chi connectivity index (χ3n) is 5.02. The maximum absolute atomic E-state index is 13.5. The van der Waals surface area contributed by atoms with Gasteiger partial charge >= 0.3 is 0 Å². The second kappa shape index (κ2) is 4.91. The molecule has 2 bridgehead atoms. The van der Waals surface area contributed by atoms with E-state index in [-0.39, 0.29) is 5.91 Å². The Hall–Kier alpha value is -1.69. The number of nitrogens with zero attached hydrogens (tertiary/aromatic N) is 1. The van der Waals surface area contributed by atoms with E-state index in [1.165, 1.54) is 35.9 Å². The lowest BCUT2D eigenvalue weighted by molar-refractivity contribution is 0.0973. The van der Waals surface area contributed by atoms with Crippen LogP contribution in [0.4, 0.5) is 4.39 Å². The number of nitrogens with one attached hydrogen (secondary N) is 2. The Bertz CT molecular complexity index is 668. The number of amides is 1. The van der Waals surface area contributed by atoms with Crippen LogP contribution in [0, 0.1) is 5.41 Å². The monoisotopic (exact) mass is 319 g/mol. The number of halogens is 1. The minimum atomic E-state index is -0.774. The summed E-state index contributed by atoms with van der Waals surface area (Å²) in [5, 5.41) is 6.29. The predicted octanol–water partition coefficient (Wildman–Crippen LogP) is 3.25. The Labute approximate surface area is 132 Å². The molecule has 4 rings (SSSR count). The van der Waals surface area contributed by atoms with Crippen molar-refractivity contribution in [2.45, 2.75) is 38.0 Å². The van der Waals surface area contributed by atoms with Crippen molar-refractivity contribution < 1.29 is 9.18 Å². The molecule has 1 fully saturated rings. The van der Waals surface area contributed by atoms with Crippen molar-refractivity contribution in [1.82, 2.24) is 10.7 Å². The fourth-order valence-electron chi connectivity index (χ4n) is 3.65. The van der Waals surface area contributed by atoms with Crippen LogP contribution >= 0.6 is 11.3 Å². The first kappa shape index (κ1) is 13.9. The first-order chi connectivity index (χ1) is 10.6. The molecule has 0 saturated heterocycles. The van der Waals surface area contributed by atoms with E-state index in [0.29, 0.717) is 18.4 Å². The molecule has 6 heteroatoms. The first-order valence-electron chi connectivity index (χ1n) is 7.65. The highest BCUT2D eigenvalue weighted by Crippen LogP contribution is 2.55. The third kappa shape index (κ3) is 2.08. The molecule has 22 heavy (non-hydrogen) atoms. The van der Waals surface area contributed by atoms with Crippen LogP contribution in [0.2, 0.25) is 0 Å². The molecule has 1 aromatic heterocycles. The number of carbonyl (C=O) groups is 1. The second-order valence-electron chi connectivity index (χ2n) is 6.60. The molecular weight excluding hydrogens is 301 g/mol. The van der Waals surface area contributed by atoms with Gasteiger partial charge in [-0.05, 0) is 49.7 Å². The molecule has 1 saturated carbocycles. The van der Waals surface area contributed by atoms with Gasteiger partial charge in [0.25, 0.3) is 5.91 Å². The van der Waals surface area contributed by atoms with Crippen LogP contribution in [0.25, 0.3) is 0 Å². The van der Waals surface area contributed by atoms with E-state index in [1.54, 1.807) is 24.3 Å². The zero-order valence-electron chi connectivity index (χ0n) is 12.4. The van der Waals surface area contributed by atoms with Gasteiger partial charge in [-0.1, -0.05) is 6.08 Å². The Morgan fingerprint density at radius 1 is 1.55 bits per heavy atom. The van der Waals surface area contributed by atoms with E-state index in [4.69, 9.17) is 0 Å². The Morgan fingerprint density at radius 2 is 2.36 bits per heavy atom. The number of carbonyl (C=O) groups excluding carboxylic acids is 1. The van der Waals surface area contributed by atoms with Gasteiger partial charge in [-0.2, -0.15) is 9.49 Å². The predicted molar refractivity (Wildman–Crippen MR) is 84.9 cm³/mol. The van der Waals surface area contributed by atoms with Gasteiger partial charge in [0.2, 0.25) is 5.97 Å². The Morgan fingerprint density at radius 3 is 3.09 bits per heavy atom. The third-order valence-corrected chi connectivity index (χ3v) is 6.33. The van der Waals surface area contributed by atoms with E-state index in [9.17, 15) is 9.18 Å². The number of hydrazone groups is 1. The highest BCUT2D eigenvalue weighted by molar-refractivity contribution is 7.14.